The Labute approximate surface area is 458 Å². The van der Waals surface area contributed by atoms with Crippen LogP contribution in [0.1, 0.15) is 55.6 Å². The molecule has 1 fully saturated rings. The number of fused-ring (bicyclic) bond motifs is 13. The molecule has 5 atom stereocenters. The molecule has 0 radical (unpaired) electrons. The van der Waals surface area contributed by atoms with E-state index in [1.807, 2.05) is 0 Å². The van der Waals surface area contributed by atoms with Crippen LogP contribution in [0.3, 0.4) is 0 Å². The molecule has 5 unspecified atom stereocenters. The summed E-state index contributed by atoms with van der Waals surface area (Å²) in [7, 11) is 0. The lowest BCUT2D eigenvalue weighted by Gasteiger charge is -2.30. The molecule has 4 aliphatic carbocycles. The highest BCUT2D eigenvalue weighted by Gasteiger charge is 2.43. The molecule has 78 heavy (non-hydrogen) atoms. The fourth-order valence-corrected chi connectivity index (χ4v) is 15.1. The van der Waals surface area contributed by atoms with E-state index in [1.165, 1.54) is 119 Å². The second-order valence-electron chi connectivity index (χ2n) is 22.4. The molecule has 16 rings (SSSR count). The molecule has 1 saturated carbocycles. The van der Waals surface area contributed by atoms with E-state index >= 15 is 0 Å². The minimum absolute atomic E-state index is 0.408. The van der Waals surface area contributed by atoms with Crippen molar-refractivity contribution < 1.29 is 0 Å². The van der Waals surface area contributed by atoms with Crippen molar-refractivity contribution >= 4 is 99.5 Å². The summed E-state index contributed by atoms with van der Waals surface area (Å²) in [5.41, 5.74) is 17.1. The van der Waals surface area contributed by atoms with Gasteiger partial charge in [0.1, 0.15) is 11.0 Å². The zero-order valence-corrected chi connectivity index (χ0v) is 44.2. The van der Waals surface area contributed by atoms with Gasteiger partial charge in [-0.3, -0.25) is 0 Å². The quantitative estimate of drug-likeness (QED) is 0.0864. The average Bonchev–Trinajstić information content (AvgIpc) is 4.29. The summed E-state index contributed by atoms with van der Waals surface area (Å²) in [4.78, 5) is 2.36. The topological polar surface area (TPSA) is 34.0 Å². The fraction of sp³-hybridized carbons (Fsp3) is 0.151. The molecular weight excluding hydrogens is 965 g/mol. The van der Waals surface area contributed by atoms with Crippen molar-refractivity contribution in [2.75, 3.05) is 4.90 Å². The first-order valence-electron chi connectivity index (χ1n) is 28.1. The third kappa shape index (κ3) is 7.46. The summed E-state index contributed by atoms with van der Waals surface area (Å²) in [6, 6.07) is 72.5. The standard InChI is InChI=1S/C73H56N4S/c1-3-14-46(15-4-1)48-26-32-57(33-27-48)76(59-22-13-21-50(42-59)47-16-5-2-6-17-47)69-39-37-62(71-72(69)75-78-74-71)49-28-34-58(35-29-49)77-68-38-31-54(53-30-36-61-56(40-53)41-55-20-9-10-23-60(55)61)45-67(68)70-64-25-12-11-24-63(64)65-43-51-18-7-8-19-52(51)44-66(65)73(70)77/h1-5,7-9,11-16,18-22,24-39,42-45,53,55-56,60-61H,6,10,17,23,40-41H2. The number of benzene rings is 10. The number of rotatable bonds is 8. The van der Waals surface area contributed by atoms with Gasteiger partial charge < -0.3 is 9.47 Å². The van der Waals surface area contributed by atoms with Crippen molar-refractivity contribution in [3.63, 3.8) is 0 Å². The van der Waals surface area contributed by atoms with Crippen molar-refractivity contribution in [3.05, 3.63) is 248 Å². The summed E-state index contributed by atoms with van der Waals surface area (Å²) in [5, 5.41) is 10.3. The Bertz CT molecular complexity index is 4480. The Morgan fingerprint density at radius 1 is 0.526 bits per heavy atom. The maximum atomic E-state index is 5.09. The zero-order valence-electron chi connectivity index (χ0n) is 43.3. The molecule has 4 nitrogen and oxygen atoms in total. The number of anilines is 3. The Balaban J connectivity index is 0.830. The molecule has 0 N–H and O–H groups in total. The third-order valence-corrected chi connectivity index (χ3v) is 18.7. The number of hydrogen-bond donors (Lipinski definition) is 0. The van der Waals surface area contributed by atoms with E-state index in [-0.39, 0.29) is 0 Å². The van der Waals surface area contributed by atoms with Crippen molar-refractivity contribution in [2.24, 2.45) is 23.7 Å². The van der Waals surface area contributed by atoms with Crippen LogP contribution in [0, 0.1) is 23.7 Å². The van der Waals surface area contributed by atoms with Gasteiger partial charge in [0.2, 0.25) is 0 Å². The van der Waals surface area contributed by atoms with Gasteiger partial charge in [-0.1, -0.05) is 164 Å². The van der Waals surface area contributed by atoms with Crippen LogP contribution in [-0.2, 0) is 0 Å². The van der Waals surface area contributed by atoms with Gasteiger partial charge in [-0.15, -0.1) is 0 Å². The van der Waals surface area contributed by atoms with Gasteiger partial charge >= 0.3 is 0 Å². The molecule has 0 bridgehead atoms. The van der Waals surface area contributed by atoms with Gasteiger partial charge in [-0.25, -0.2) is 0 Å². The first-order valence-corrected chi connectivity index (χ1v) is 28.8. The van der Waals surface area contributed by atoms with E-state index in [2.05, 4.69) is 246 Å². The number of nitrogens with zero attached hydrogens (tertiary/aromatic N) is 4. The number of aromatic nitrogens is 3. The SMILES string of the molecule is C1=CCCC(c2cccc(N(c3ccc(-c4ccccc4)cc3)c3ccc(-c4ccc(-n5c6ccc(C7C=CC8C(C7)CC7C=CCCC78)cc6c6c7ccccc7c7cc8ccccc8cc7c65)cc4)c4nsnc34)c2)=C1. The number of hydrogen-bond acceptors (Lipinski definition) is 4. The van der Waals surface area contributed by atoms with E-state index in [9.17, 15) is 0 Å². The molecule has 374 valence electrons. The average molecular weight is 1020 g/mol. The molecule has 10 aromatic carbocycles. The van der Waals surface area contributed by atoms with Crippen molar-refractivity contribution in [1.29, 1.82) is 0 Å². The molecular formula is C73H56N4S. The van der Waals surface area contributed by atoms with Crippen LogP contribution in [0.25, 0.3) is 98.7 Å². The predicted molar refractivity (Wildman–Crippen MR) is 330 cm³/mol. The second kappa shape index (κ2) is 18.5. The van der Waals surface area contributed by atoms with Gasteiger partial charge in [0.25, 0.3) is 0 Å². The Kier molecular flexibility index (Phi) is 10.8. The lowest BCUT2D eigenvalue weighted by atomic mass is 9.74. The first kappa shape index (κ1) is 45.5. The molecule has 0 saturated heterocycles. The van der Waals surface area contributed by atoms with Crippen molar-refractivity contribution in [3.8, 4) is 27.9 Å². The summed E-state index contributed by atoms with van der Waals surface area (Å²) in [6.07, 6.45) is 24.1. The van der Waals surface area contributed by atoms with E-state index in [0.29, 0.717) is 5.92 Å². The van der Waals surface area contributed by atoms with Crippen LogP contribution in [-0.4, -0.2) is 13.3 Å². The molecule has 0 aliphatic heterocycles. The third-order valence-electron chi connectivity index (χ3n) is 18.2. The normalized spacial score (nSPS) is 19.8. The van der Waals surface area contributed by atoms with Gasteiger partial charge in [-0.2, -0.15) is 8.75 Å². The van der Waals surface area contributed by atoms with Crippen molar-refractivity contribution in [1.82, 2.24) is 13.3 Å². The molecule has 2 aromatic heterocycles. The minimum Gasteiger partial charge on any atom is -0.309 e. The second-order valence-corrected chi connectivity index (χ2v) is 22.9. The summed E-state index contributed by atoms with van der Waals surface area (Å²) in [5.74, 6) is 3.45. The maximum Gasteiger partial charge on any atom is 0.129 e. The van der Waals surface area contributed by atoms with E-state index in [0.717, 1.165) is 81.4 Å². The van der Waals surface area contributed by atoms with E-state index < -0.39 is 0 Å². The minimum atomic E-state index is 0.408. The Morgan fingerprint density at radius 2 is 1.29 bits per heavy atom. The highest BCUT2D eigenvalue weighted by Crippen LogP contribution is 2.54. The predicted octanol–water partition coefficient (Wildman–Crippen LogP) is 20.0. The monoisotopic (exact) mass is 1020 g/mol. The Morgan fingerprint density at radius 3 is 2.14 bits per heavy atom. The van der Waals surface area contributed by atoms with E-state index in [1.54, 1.807) is 0 Å². The maximum absolute atomic E-state index is 5.09. The molecule has 5 heteroatoms. The van der Waals surface area contributed by atoms with Gasteiger partial charge in [-0.05, 0) is 195 Å². The zero-order chi connectivity index (χ0) is 51.3. The fourth-order valence-electron chi connectivity index (χ4n) is 14.5. The summed E-state index contributed by atoms with van der Waals surface area (Å²) in [6.45, 7) is 0. The van der Waals surface area contributed by atoms with Crippen LogP contribution in [0.4, 0.5) is 17.1 Å². The van der Waals surface area contributed by atoms with Gasteiger partial charge in [0.15, 0.2) is 0 Å². The van der Waals surface area contributed by atoms with E-state index in [4.69, 9.17) is 8.75 Å². The largest absolute Gasteiger partial charge is 0.309 e. The van der Waals surface area contributed by atoms with Crippen LogP contribution >= 0.6 is 11.7 Å². The molecule has 12 aromatic rings. The van der Waals surface area contributed by atoms with Crippen molar-refractivity contribution in [2.45, 2.75) is 44.4 Å². The molecule has 0 amide bonds. The first-order chi connectivity index (χ1) is 38.7. The smallest absolute Gasteiger partial charge is 0.129 e. The molecule has 0 spiro atoms. The van der Waals surface area contributed by atoms with Crippen LogP contribution < -0.4 is 4.90 Å². The number of allylic oxidation sites excluding steroid dienone is 8. The van der Waals surface area contributed by atoms with Crippen LogP contribution in [0.5, 0.6) is 0 Å². The highest BCUT2D eigenvalue weighted by atomic mass is 32.1. The highest BCUT2D eigenvalue weighted by molar-refractivity contribution is 7.00. The molecule has 2 heterocycles. The van der Waals surface area contributed by atoms with Gasteiger partial charge in [0, 0.05) is 44.7 Å². The molecule has 4 aliphatic rings. The lowest BCUT2D eigenvalue weighted by Crippen LogP contribution is -2.21. The van der Waals surface area contributed by atoms with Crippen LogP contribution in [0.15, 0.2) is 237 Å². The van der Waals surface area contributed by atoms with Gasteiger partial charge in [0.05, 0.1) is 28.4 Å². The Hall–Kier alpha value is -8.64. The van der Waals surface area contributed by atoms with Crippen LogP contribution in [0.2, 0.25) is 0 Å². The summed E-state index contributed by atoms with van der Waals surface area (Å²) >= 11 is 1.28. The lowest BCUT2D eigenvalue weighted by molar-refractivity contribution is 0.310. The summed E-state index contributed by atoms with van der Waals surface area (Å²) < 4.78 is 12.7.